The molecular formula is C42H48N14O6S. The van der Waals surface area contributed by atoms with Gasteiger partial charge in [-0.3, -0.25) is 39.5 Å². The van der Waals surface area contributed by atoms with Gasteiger partial charge in [-0.25, -0.2) is 15.0 Å². The van der Waals surface area contributed by atoms with Crippen molar-refractivity contribution in [2.45, 2.75) is 53.8 Å². The molecule has 0 aliphatic carbocycles. The number of nitrogens with one attached hydrogen (secondary N) is 2. The first-order valence-corrected chi connectivity index (χ1v) is 20.5. The summed E-state index contributed by atoms with van der Waals surface area (Å²) >= 11 is 1.27. The molecule has 6 rings (SSSR count). The van der Waals surface area contributed by atoms with Gasteiger partial charge in [0.25, 0.3) is 11.8 Å². The number of hydrogen-bond donors (Lipinski definition) is 6. The van der Waals surface area contributed by atoms with E-state index < -0.39 is 23.6 Å². The van der Waals surface area contributed by atoms with E-state index in [2.05, 4.69) is 30.7 Å². The van der Waals surface area contributed by atoms with Crippen LogP contribution in [0.4, 0.5) is 17.6 Å². The van der Waals surface area contributed by atoms with Crippen LogP contribution in [0.2, 0.25) is 0 Å². The number of carbonyl (C=O) groups excluding carboxylic acids is 4. The standard InChI is InChI=1S/C42H48N14O6S/c1-6-28-36(63-24(4)49-28)40(60)53-42-51-30-18-26(38(46)58)20-33(62-15-11-10-12-54-22-27(44)21-48-54)35(30)56(42)14-9-8-13-55-34-29(17-25(37(45)57)19-32(34)61-5)50-41(55)52-39(59)31(47-7-2)16-23(3)43/h8-11,16-22H,6-7,12-15,43-44H2,1-5H3,(H2,45,57)(H2,46,58)(H,50,52,59)(H,51,53,60)/b9-8+,11-10+,23-16-,47-31?. The van der Waals surface area contributed by atoms with Crippen LogP contribution in [0, 0.1) is 6.92 Å². The highest BCUT2D eigenvalue weighted by molar-refractivity contribution is 7.13. The van der Waals surface area contributed by atoms with Crippen LogP contribution in [-0.2, 0) is 30.8 Å². The lowest BCUT2D eigenvalue weighted by molar-refractivity contribution is -0.110. The zero-order valence-corrected chi connectivity index (χ0v) is 36.2. The second kappa shape index (κ2) is 19.7. The number of aryl methyl sites for hydroxylation is 2. The molecule has 21 heteroatoms. The third-order valence-electron chi connectivity index (χ3n) is 9.31. The highest BCUT2D eigenvalue weighted by atomic mass is 32.1. The van der Waals surface area contributed by atoms with Crippen molar-refractivity contribution < 1.29 is 28.7 Å². The van der Waals surface area contributed by atoms with Gasteiger partial charge in [-0.15, -0.1) is 11.3 Å². The Bertz CT molecular complexity index is 2840. The van der Waals surface area contributed by atoms with E-state index in [1.54, 1.807) is 46.1 Å². The number of hydrogen-bond acceptors (Lipinski definition) is 14. The molecule has 0 saturated carbocycles. The molecule has 6 aromatic rings. The summed E-state index contributed by atoms with van der Waals surface area (Å²) in [6.45, 7) is 8.30. The first kappa shape index (κ1) is 44.7. The van der Waals surface area contributed by atoms with E-state index in [1.807, 2.05) is 32.1 Å². The lowest BCUT2D eigenvalue weighted by Gasteiger charge is -2.13. The van der Waals surface area contributed by atoms with Crippen molar-refractivity contribution in [3.05, 3.63) is 99.4 Å². The zero-order chi connectivity index (χ0) is 45.4. The van der Waals surface area contributed by atoms with Crippen LogP contribution in [0.15, 0.2) is 77.7 Å². The number of primary amides is 2. The fraction of sp³-hybridized carbons (Fsp3) is 0.262. The molecule has 0 radical (unpaired) electrons. The molecule has 4 heterocycles. The molecule has 10 N–H and O–H groups in total. The highest BCUT2D eigenvalue weighted by Crippen LogP contribution is 2.33. The molecule has 4 amide bonds. The predicted molar refractivity (Wildman–Crippen MR) is 242 cm³/mol. The van der Waals surface area contributed by atoms with Crippen LogP contribution in [-0.4, -0.2) is 83.5 Å². The Morgan fingerprint density at radius 1 is 0.841 bits per heavy atom. The van der Waals surface area contributed by atoms with Gasteiger partial charge in [0.1, 0.15) is 39.7 Å². The first-order chi connectivity index (χ1) is 30.2. The second-order valence-electron chi connectivity index (χ2n) is 14.0. The number of allylic oxidation sites excluding steroid dienone is 4. The Balaban J connectivity index is 1.40. The van der Waals surface area contributed by atoms with Crippen molar-refractivity contribution in [3.8, 4) is 11.5 Å². The number of nitrogens with zero attached hydrogens (tertiary/aromatic N) is 8. The van der Waals surface area contributed by atoms with Crippen LogP contribution in [0.25, 0.3) is 22.1 Å². The number of nitrogen functional groups attached to an aromatic ring is 1. The molecule has 0 bridgehead atoms. The van der Waals surface area contributed by atoms with E-state index >= 15 is 0 Å². The zero-order valence-electron chi connectivity index (χ0n) is 35.3. The maximum absolute atomic E-state index is 13.8. The number of methoxy groups -OCH3 is 1. The number of nitrogens with two attached hydrogens (primary N) is 4. The molecule has 2 aromatic carbocycles. The van der Waals surface area contributed by atoms with Gasteiger partial charge in [0.05, 0.1) is 47.3 Å². The number of imidazole rings is 2. The van der Waals surface area contributed by atoms with Crippen molar-refractivity contribution >= 4 is 80.3 Å². The molecule has 0 aliphatic rings. The van der Waals surface area contributed by atoms with Gasteiger partial charge >= 0.3 is 0 Å². The molecule has 0 aliphatic heterocycles. The molecule has 0 fully saturated rings. The minimum atomic E-state index is -0.697. The van der Waals surface area contributed by atoms with Gasteiger partial charge in [0.15, 0.2) is 0 Å². The van der Waals surface area contributed by atoms with E-state index in [0.29, 0.717) is 63.5 Å². The fourth-order valence-electron chi connectivity index (χ4n) is 6.56. The van der Waals surface area contributed by atoms with Crippen LogP contribution < -0.4 is 43.0 Å². The summed E-state index contributed by atoms with van der Waals surface area (Å²) < 4.78 is 17.0. The molecule has 0 spiro atoms. The van der Waals surface area contributed by atoms with Crippen molar-refractivity contribution in [2.24, 2.45) is 22.2 Å². The fourth-order valence-corrected chi connectivity index (χ4v) is 7.47. The van der Waals surface area contributed by atoms with Crippen molar-refractivity contribution in [1.29, 1.82) is 0 Å². The minimum absolute atomic E-state index is 0.0913. The summed E-state index contributed by atoms with van der Waals surface area (Å²) in [5, 5.41) is 10.7. The quantitative estimate of drug-likeness (QED) is 0.0495. The van der Waals surface area contributed by atoms with Gasteiger partial charge in [-0.1, -0.05) is 25.2 Å². The lowest BCUT2D eigenvalue weighted by Crippen LogP contribution is -2.24. The molecular weight excluding hydrogens is 829 g/mol. The number of aromatic nitrogens is 7. The first-order valence-electron chi connectivity index (χ1n) is 19.7. The van der Waals surface area contributed by atoms with E-state index in [9.17, 15) is 19.2 Å². The van der Waals surface area contributed by atoms with Crippen molar-refractivity contribution in [1.82, 2.24) is 33.9 Å². The molecule has 328 valence electrons. The van der Waals surface area contributed by atoms with E-state index in [-0.39, 0.29) is 59.9 Å². The van der Waals surface area contributed by atoms with Gasteiger partial charge in [-0.05, 0) is 63.6 Å². The minimum Gasteiger partial charge on any atom is -0.494 e. The maximum Gasteiger partial charge on any atom is 0.276 e. The van der Waals surface area contributed by atoms with Crippen LogP contribution in [0.1, 0.15) is 61.9 Å². The van der Waals surface area contributed by atoms with Crippen LogP contribution in [0.5, 0.6) is 11.5 Å². The Kier molecular flexibility index (Phi) is 14.0. The van der Waals surface area contributed by atoms with Gasteiger partial charge in [0.2, 0.25) is 23.7 Å². The van der Waals surface area contributed by atoms with E-state index in [4.69, 9.17) is 37.4 Å². The Morgan fingerprint density at radius 3 is 2.00 bits per heavy atom. The number of thiazole rings is 1. The average Bonchev–Trinajstić information content (AvgIpc) is 4.02. The van der Waals surface area contributed by atoms with E-state index in [0.717, 1.165) is 5.01 Å². The number of carbonyl (C=O) groups is 4. The summed E-state index contributed by atoms with van der Waals surface area (Å²) in [4.78, 5) is 70.7. The molecule has 0 saturated heterocycles. The van der Waals surface area contributed by atoms with Gasteiger partial charge in [0, 0.05) is 42.7 Å². The van der Waals surface area contributed by atoms with Crippen LogP contribution in [0.3, 0.4) is 0 Å². The topological polar surface area (TPSA) is 294 Å². The molecule has 63 heavy (non-hydrogen) atoms. The van der Waals surface area contributed by atoms with Crippen molar-refractivity contribution in [2.75, 3.05) is 36.6 Å². The summed E-state index contributed by atoms with van der Waals surface area (Å²) in [6.07, 6.45) is 12.5. The predicted octanol–water partition coefficient (Wildman–Crippen LogP) is 4.10. The number of rotatable bonds is 19. The number of amides is 4. The third kappa shape index (κ3) is 10.4. The second-order valence-corrected chi connectivity index (χ2v) is 15.2. The average molecular weight is 877 g/mol. The summed E-state index contributed by atoms with van der Waals surface area (Å²) in [6, 6.07) is 6.06. The Morgan fingerprint density at radius 2 is 1.44 bits per heavy atom. The normalized spacial score (nSPS) is 12.2. The smallest absolute Gasteiger partial charge is 0.276 e. The summed E-state index contributed by atoms with van der Waals surface area (Å²) in [7, 11) is 1.44. The Labute approximate surface area is 365 Å². The Hall–Kier alpha value is -7.81. The molecule has 4 aromatic heterocycles. The monoisotopic (exact) mass is 876 g/mol. The number of aliphatic imine (C=N–C) groups is 1. The van der Waals surface area contributed by atoms with Crippen LogP contribution >= 0.6 is 11.3 Å². The van der Waals surface area contributed by atoms with Crippen molar-refractivity contribution in [3.63, 3.8) is 0 Å². The number of fused-ring (bicyclic) bond motifs is 2. The molecule has 20 nitrogen and oxygen atoms in total. The highest BCUT2D eigenvalue weighted by Gasteiger charge is 2.23. The van der Waals surface area contributed by atoms with E-state index in [1.165, 1.54) is 48.8 Å². The SMILES string of the molecule is CCN=C(/C=C(/C)N)C(=O)Nc1nc2cc(C(N)=O)cc(OC)c2n1C/C=C/Cn1c(NC(=O)c2sc(C)nc2CC)nc2cc(C(N)=O)cc(OC/C=C/Cn3cc(N)cn3)c21. The number of anilines is 3. The van der Waals surface area contributed by atoms with Gasteiger partial charge < -0.3 is 41.5 Å². The number of ether oxygens (including phenoxy) is 2. The largest absolute Gasteiger partial charge is 0.494 e. The summed E-state index contributed by atoms with van der Waals surface area (Å²) in [5.41, 5.74) is 26.6. The maximum atomic E-state index is 13.8. The van der Waals surface area contributed by atoms with Gasteiger partial charge in [-0.2, -0.15) is 5.10 Å². The lowest BCUT2D eigenvalue weighted by atomic mass is 10.1. The molecule has 0 unspecified atom stereocenters. The molecule has 0 atom stereocenters. The third-order valence-corrected chi connectivity index (χ3v) is 10.3. The number of benzene rings is 2. The summed E-state index contributed by atoms with van der Waals surface area (Å²) in [5.74, 6) is -1.50.